The first kappa shape index (κ1) is 26.2. The number of aliphatic hydroxyl groups is 1. The monoisotopic (exact) mass is 540 g/mol. The van der Waals surface area contributed by atoms with Crippen LogP contribution in [0.4, 0.5) is 11.8 Å². The Kier molecular flexibility index (Phi) is 7.18. The van der Waals surface area contributed by atoms with Gasteiger partial charge in [0.05, 0.1) is 12.3 Å². The SMILES string of the molecule is N#Cc1cnc(NCc2ccccc2C2CC2)nc1NCC12CC3C[C@H](C1)C(NCC1CCC(O)CC1)[C@@H](C3)C2. The minimum absolute atomic E-state index is 0.0721. The Balaban J connectivity index is 0.983. The summed E-state index contributed by atoms with van der Waals surface area (Å²) in [6.07, 6.45) is 15.0. The van der Waals surface area contributed by atoms with E-state index >= 15 is 0 Å². The van der Waals surface area contributed by atoms with Crippen LogP contribution in [0.15, 0.2) is 30.5 Å². The van der Waals surface area contributed by atoms with Gasteiger partial charge in [-0.05, 0) is 123 Å². The van der Waals surface area contributed by atoms with Crippen LogP contribution in [0.25, 0.3) is 0 Å². The van der Waals surface area contributed by atoms with E-state index in [0.29, 0.717) is 41.2 Å². The average Bonchev–Trinajstić information content (AvgIpc) is 3.81. The molecule has 0 spiro atoms. The largest absolute Gasteiger partial charge is 0.393 e. The number of rotatable bonds is 10. The highest BCUT2D eigenvalue weighted by molar-refractivity contribution is 5.53. The quantitative estimate of drug-likeness (QED) is 0.311. The van der Waals surface area contributed by atoms with Crippen LogP contribution in [0.5, 0.6) is 0 Å². The second kappa shape index (κ2) is 10.9. The molecule has 8 rings (SSSR count). The van der Waals surface area contributed by atoms with Gasteiger partial charge in [0.15, 0.2) is 0 Å². The van der Waals surface area contributed by atoms with Gasteiger partial charge >= 0.3 is 0 Å². The molecule has 0 amide bonds. The third-order valence-electron chi connectivity index (χ3n) is 10.9. The second-order valence-electron chi connectivity index (χ2n) is 13.8. The number of hydrogen-bond donors (Lipinski definition) is 4. The fourth-order valence-electron chi connectivity index (χ4n) is 9.01. The van der Waals surface area contributed by atoms with Crippen molar-refractivity contribution in [3.05, 3.63) is 47.2 Å². The molecule has 2 aromatic rings. The van der Waals surface area contributed by atoms with Gasteiger partial charge in [-0.1, -0.05) is 24.3 Å². The van der Waals surface area contributed by atoms with Crippen molar-refractivity contribution < 1.29 is 5.11 Å². The molecule has 6 aliphatic carbocycles. The van der Waals surface area contributed by atoms with Crippen molar-refractivity contribution in [3.63, 3.8) is 0 Å². The maximum absolute atomic E-state index is 9.87. The Morgan fingerprint density at radius 1 is 0.975 bits per heavy atom. The summed E-state index contributed by atoms with van der Waals surface area (Å²) in [5, 5.41) is 30.8. The van der Waals surface area contributed by atoms with Crippen LogP contribution in [-0.2, 0) is 6.54 Å². The van der Waals surface area contributed by atoms with E-state index in [4.69, 9.17) is 4.98 Å². The number of hydrogen-bond acceptors (Lipinski definition) is 7. The molecule has 3 unspecified atom stereocenters. The first-order valence-corrected chi connectivity index (χ1v) is 15.8. The summed E-state index contributed by atoms with van der Waals surface area (Å²) >= 11 is 0. The van der Waals surface area contributed by atoms with Crippen molar-refractivity contribution in [1.82, 2.24) is 15.3 Å². The minimum Gasteiger partial charge on any atom is -0.393 e. The lowest BCUT2D eigenvalue weighted by atomic mass is 9.48. The molecule has 1 heterocycles. The van der Waals surface area contributed by atoms with Crippen LogP contribution in [0.3, 0.4) is 0 Å². The normalized spacial score (nSPS) is 34.4. The number of nitrogens with zero attached hydrogens (tertiary/aromatic N) is 3. The summed E-state index contributed by atoms with van der Waals surface area (Å²) in [6, 6.07) is 11.6. The fourth-order valence-corrected chi connectivity index (χ4v) is 9.01. The number of benzene rings is 1. The lowest BCUT2D eigenvalue weighted by Crippen LogP contribution is -2.60. The van der Waals surface area contributed by atoms with Gasteiger partial charge in [0, 0.05) is 19.1 Å². The van der Waals surface area contributed by atoms with Crippen molar-refractivity contribution in [3.8, 4) is 6.07 Å². The number of nitrogens with one attached hydrogen (secondary N) is 3. The fraction of sp³-hybridized carbons (Fsp3) is 0.667. The minimum atomic E-state index is -0.0721. The Morgan fingerprint density at radius 3 is 2.50 bits per heavy atom. The summed E-state index contributed by atoms with van der Waals surface area (Å²) in [7, 11) is 0. The lowest BCUT2D eigenvalue weighted by molar-refractivity contribution is -0.0704. The number of aliphatic hydroxyl groups excluding tert-OH is 1. The van der Waals surface area contributed by atoms with E-state index in [9.17, 15) is 10.4 Å². The molecule has 0 aliphatic heterocycles. The van der Waals surface area contributed by atoms with Gasteiger partial charge in [0.1, 0.15) is 17.5 Å². The second-order valence-corrected chi connectivity index (χ2v) is 13.8. The molecular formula is C33H44N6O. The van der Waals surface area contributed by atoms with Crippen molar-refractivity contribution in [2.45, 2.75) is 95.2 Å². The maximum atomic E-state index is 9.87. The Morgan fingerprint density at radius 2 is 1.75 bits per heavy atom. The molecule has 0 saturated heterocycles. The van der Waals surface area contributed by atoms with Crippen molar-refractivity contribution in [1.29, 1.82) is 5.26 Å². The van der Waals surface area contributed by atoms with Crippen molar-refractivity contribution in [2.75, 3.05) is 23.7 Å². The summed E-state index contributed by atoms with van der Waals surface area (Å²) in [4.78, 5) is 9.24. The molecule has 212 valence electrons. The third-order valence-corrected chi connectivity index (χ3v) is 10.9. The summed E-state index contributed by atoms with van der Waals surface area (Å²) in [5.41, 5.74) is 3.57. The van der Waals surface area contributed by atoms with Crippen LogP contribution in [0.1, 0.15) is 93.2 Å². The molecule has 7 heteroatoms. The molecule has 0 radical (unpaired) electrons. The highest BCUT2D eigenvalue weighted by Gasteiger charge is 2.55. The van der Waals surface area contributed by atoms with Crippen LogP contribution >= 0.6 is 0 Å². The molecule has 4 bridgehead atoms. The van der Waals surface area contributed by atoms with E-state index in [1.807, 2.05) is 0 Å². The topological polar surface area (TPSA) is 106 Å². The highest BCUT2D eigenvalue weighted by atomic mass is 16.3. The first-order chi connectivity index (χ1) is 19.6. The molecule has 6 aliphatic rings. The molecule has 6 saturated carbocycles. The van der Waals surface area contributed by atoms with Gasteiger partial charge in [-0.2, -0.15) is 10.2 Å². The zero-order chi connectivity index (χ0) is 27.1. The Labute approximate surface area is 238 Å². The predicted octanol–water partition coefficient (Wildman–Crippen LogP) is 5.59. The first-order valence-electron chi connectivity index (χ1n) is 15.8. The zero-order valence-corrected chi connectivity index (χ0v) is 23.6. The van der Waals surface area contributed by atoms with Gasteiger partial charge in [0.2, 0.25) is 5.95 Å². The van der Waals surface area contributed by atoms with E-state index in [1.54, 1.807) is 6.20 Å². The van der Waals surface area contributed by atoms with Crippen LogP contribution in [-0.4, -0.2) is 40.3 Å². The Bertz CT molecular complexity index is 1230. The smallest absolute Gasteiger partial charge is 0.224 e. The molecule has 1 aromatic carbocycles. The van der Waals surface area contributed by atoms with Gasteiger partial charge in [0.25, 0.3) is 0 Å². The van der Waals surface area contributed by atoms with E-state index in [-0.39, 0.29) is 6.10 Å². The molecule has 40 heavy (non-hydrogen) atoms. The number of nitriles is 1. The van der Waals surface area contributed by atoms with Crippen LogP contribution in [0, 0.1) is 40.4 Å². The van der Waals surface area contributed by atoms with E-state index in [0.717, 1.165) is 62.4 Å². The van der Waals surface area contributed by atoms with Crippen LogP contribution < -0.4 is 16.0 Å². The standard InChI is InChI=1S/C33H44N6O/c34-16-27-19-37-32(36-18-24-3-1-2-4-29(24)23-7-8-23)39-31(27)38-20-33-13-22-11-25(14-33)30(26(12-22)15-33)35-17-21-5-9-28(40)10-6-21/h1-4,19,21-23,25-26,28,30,35,40H,5-15,17-18,20H2,(H2,36,37,38,39)/t21?,22?,25-,26+,28?,30?,33?. The molecule has 1 aromatic heterocycles. The maximum Gasteiger partial charge on any atom is 0.224 e. The van der Waals surface area contributed by atoms with Gasteiger partial charge in [-0.25, -0.2) is 4.98 Å². The summed E-state index contributed by atoms with van der Waals surface area (Å²) in [6.45, 7) is 2.70. The van der Waals surface area contributed by atoms with Crippen LogP contribution in [0.2, 0.25) is 0 Å². The zero-order valence-electron chi connectivity index (χ0n) is 23.6. The van der Waals surface area contributed by atoms with Gasteiger partial charge < -0.3 is 21.1 Å². The van der Waals surface area contributed by atoms with E-state index < -0.39 is 0 Å². The van der Waals surface area contributed by atoms with E-state index in [2.05, 4.69) is 51.3 Å². The Hall–Kier alpha value is -2.69. The third kappa shape index (κ3) is 5.45. The molecule has 4 N–H and O–H groups in total. The molecule has 5 atom stereocenters. The van der Waals surface area contributed by atoms with E-state index in [1.165, 1.54) is 56.1 Å². The summed E-state index contributed by atoms with van der Waals surface area (Å²) in [5.74, 6) is 5.03. The highest BCUT2D eigenvalue weighted by Crippen LogP contribution is 2.60. The summed E-state index contributed by atoms with van der Waals surface area (Å²) < 4.78 is 0. The van der Waals surface area contributed by atoms with Gasteiger partial charge in [-0.15, -0.1) is 0 Å². The lowest BCUT2D eigenvalue weighted by Gasteiger charge is -2.60. The molecular weight excluding hydrogens is 496 g/mol. The van der Waals surface area contributed by atoms with Crippen molar-refractivity contribution in [2.24, 2.45) is 29.1 Å². The van der Waals surface area contributed by atoms with Gasteiger partial charge in [-0.3, -0.25) is 0 Å². The number of aromatic nitrogens is 2. The van der Waals surface area contributed by atoms with Crippen molar-refractivity contribution >= 4 is 11.8 Å². The molecule has 7 nitrogen and oxygen atoms in total. The average molecular weight is 541 g/mol. The predicted molar refractivity (Wildman–Crippen MR) is 157 cm³/mol. The number of anilines is 2. The molecule has 6 fully saturated rings.